The molecule has 0 saturated heterocycles. The van der Waals surface area contributed by atoms with Crippen LogP contribution in [0.15, 0.2) is 30.5 Å². The molecular formula is C20H27FN2. The number of aromatic nitrogens is 2. The molecule has 0 aliphatic heterocycles. The molecule has 1 aromatic carbocycles. The lowest BCUT2D eigenvalue weighted by atomic mass is 10.1. The number of benzene rings is 1. The van der Waals surface area contributed by atoms with Gasteiger partial charge in [-0.2, -0.15) is 9.37 Å². The van der Waals surface area contributed by atoms with Crippen molar-refractivity contribution in [1.29, 1.82) is 0 Å². The first-order chi connectivity index (χ1) is 11.2. The predicted molar refractivity (Wildman–Crippen MR) is 93.9 cm³/mol. The Hall–Kier alpha value is -1.77. The van der Waals surface area contributed by atoms with Crippen LogP contribution < -0.4 is 0 Å². The van der Waals surface area contributed by atoms with Gasteiger partial charge in [-0.15, -0.1) is 0 Å². The molecule has 0 atom stereocenters. The number of hydrogen-bond donors (Lipinski definition) is 0. The fraction of sp³-hybridized carbons (Fsp3) is 0.500. The number of nitrogens with zero attached hydrogens (tertiary/aromatic N) is 2. The summed E-state index contributed by atoms with van der Waals surface area (Å²) in [4.78, 5) is 8.41. The van der Waals surface area contributed by atoms with E-state index in [1.54, 1.807) is 6.20 Å². The molecular weight excluding hydrogens is 287 g/mol. The van der Waals surface area contributed by atoms with E-state index in [2.05, 4.69) is 35.9 Å². The van der Waals surface area contributed by atoms with Gasteiger partial charge >= 0.3 is 0 Å². The van der Waals surface area contributed by atoms with Gasteiger partial charge in [0.15, 0.2) is 5.82 Å². The molecule has 2 aromatic rings. The van der Waals surface area contributed by atoms with E-state index < -0.39 is 0 Å². The fourth-order valence-corrected chi connectivity index (χ4v) is 2.72. The Morgan fingerprint density at radius 2 is 1.61 bits per heavy atom. The first kappa shape index (κ1) is 17.6. The molecule has 124 valence electrons. The third-order valence-corrected chi connectivity index (χ3v) is 4.11. The average molecular weight is 314 g/mol. The van der Waals surface area contributed by atoms with Gasteiger partial charge in [0.25, 0.3) is 0 Å². The van der Waals surface area contributed by atoms with Gasteiger partial charge in [0, 0.05) is 17.3 Å². The third kappa shape index (κ3) is 5.42. The minimum absolute atomic E-state index is 0.372. The van der Waals surface area contributed by atoms with Gasteiger partial charge in [-0.05, 0) is 24.8 Å². The van der Waals surface area contributed by atoms with Crippen molar-refractivity contribution in [2.24, 2.45) is 0 Å². The molecule has 1 heterocycles. The Kier molecular flexibility index (Phi) is 7.18. The summed E-state index contributed by atoms with van der Waals surface area (Å²) in [6.07, 6.45) is 10.4. The number of hydrogen-bond acceptors (Lipinski definition) is 2. The van der Waals surface area contributed by atoms with Gasteiger partial charge in [0.05, 0.1) is 0 Å². The van der Waals surface area contributed by atoms with E-state index in [1.807, 2.05) is 12.1 Å². The van der Waals surface area contributed by atoms with Gasteiger partial charge in [0.2, 0.25) is 5.95 Å². The molecule has 0 N–H and O–H groups in total. The highest BCUT2D eigenvalue weighted by molar-refractivity contribution is 5.55. The highest BCUT2D eigenvalue weighted by atomic mass is 19.1. The summed E-state index contributed by atoms with van der Waals surface area (Å²) in [6.45, 7) is 4.36. The van der Waals surface area contributed by atoms with Gasteiger partial charge < -0.3 is 0 Å². The summed E-state index contributed by atoms with van der Waals surface area (Å²) in [6, 6.07) is 8.10. The van der Waals surface area contributed by atoms with E-state index in [-0.39, 0.29) is 5.95 Å². The zero-order valence-electron chi connectivity index (χ0n) is 14.3. The predicted octanol–water partition coefficient (Wildman–Crippen LogP) is 5.75. The van der Waals surface area contributed by atoms with Crippen LogP contribution in [0.1, 0.15) is 63.5 Å². The molecule has 0 fully saturated rings. The van der Waals surface area contributed by atoms with Crippen molar-refractivity contribution in [3.63, 3.8) is 0 Å². The maximum absolute atomic E-state index is 14.2. The lowest BCUT2D eigenvalue weighted by Crippen LogP contribution is -1.99. The van der Waals surface area contributed by atoms with Crippen LogP contribution in [0.4, 0.5) is 4.39 Å². The van der Waals surface area contributed by atoms with Crippen LogP contribution in [0.3, 0.4) is 0 Å². The van der Waals surface area contributed by atoms with E-state index >= 15 is 0 Å². The minimum atomic E-state index is -0.372. The second-order valence-corrected chi connectivity index (χ2v) is 6.12. The van der Waals surface area contributed by atoms with E-state index in [0.29, 0.717) is 11.4 Å². The van der Waals surface area contributed by atoms with Crippen LogP contribution >= 0.6 is 0 Å². The molecule has 0 spiro atoms. The Morgan fingerprint density at radius 3 is 2.26 bits per heavy atom. The Labute approximate surface area is 139 Å². The van der Waals surface area contributed by atoms with Crippen molar-refractivity contribution >= 4 is 0 Å². The number of halogens is 1. The molecule has 0 unspecified atom stereocenters. The molecule has 0 amide bonds. The van der Waals surface area contributed by atoms with E-state index in [4.69, 9.17) is 0 Å². The monoisotopic (exact) mass is 314 g/mol. The van der Waals surface area contributed by atoms with Crippen LogP contribution in [0, 0.1) is 5.95 Å². The number of unbranched alkanes of at least 4 members (excludes halogenated alkanes) is 4. The van der Waals surface area contributed by atoms with Crippen LogP contribution in [0.5, 0.6) is 0 Å². The third-order valence-electron chi connectivity index (χ3n) is 4.11. The van der Waals surface area contributed by atoms with Crippen molar-refractivity contribution in [2.75, 3.05) is 0 Å². The Bertz CT molecular complexity index is 593. The highest BCUT2D eigenvalue weighted by Gasteiger charge is 2.08. The zero-order valence-corrected chi connectivity index (χ0v) is 14.3. The van der Waals surface area contributed by atoms with E-state index in [0.717, 1.165) is 37.7 Å². The maximum Gasteiger partial charge on any atom is 0.219 e. The second-order valence-electron chi connectivity index (χ2n) is 6.12. The van der Waals surface area contributed by atoms with Crippen LogP contribution in [0.2, 0.25) is 0 Å². The summed E-state index contributed by atoms with van der Waals surface area (Å²) in [7, 11) is 0. The standard InChI is InChI=1S/C20H27FN2/c1-3-5-6-7-8-10-18-15-22-20(23-19(18)21)17-13-11-16(9-4-2)12-14-17/h11-15H,3-10H2,1-2H3. The van der Waals surface area contributed by atoms with Crippen molar-refractivity contribution in [3.8, 4) is 11.4 Å². The first-order valence-electron chi connectivity index (χ1n) is 8.85. The topological polar surface area (TPSA) is 25.8 Å². The summed E-state index contributed by atoms with van der Waals surface area (Å²) >= 11 is 0. The van der Waals surface area contributed by atoms with Crippen LogP contribution in [-0.4, -0.2) is 9.97 Å². The molecule has 0 aliphatic carbocycles. The minimum Gasteiger partial charge on any atom is -0.236 e. The molecule has 23 heavy (non-hydrogen) atoms. The lowest BCUT2D eigenvalue weighted by molar-refractivity contribution is 0.551. The Balaban J connectivity index is 1.98. The molecule has 3 heteroatoms. The van der Waals surface area contributed by atoms with E-state index in [1.165, 1.54) is 24.8 Å². The number of aryl methyl sites for hydroxylation is 2. The maximum atomic E-state index is 14.2. The SMILES string of the molecule is CCCCCCCc1cnc(-c2ccc(CCC)cc2)nc1F. The molecule has 0 aliphatic rings. The largest absolute Gasteiger partial charge is 0.236 e. The van der Waals surface area contributed by atoms with Gasteiger partial charge in [0.1, 0.15) is 0 Å². The van der Waals surface area contributed by atoms with Crippen LogP contribution in [0.25, 0.3) is 11.4 Å². The molecule has 0 radical (unpaired) electrons. The fourth-order valence-electron chi connectivity index (χ4n) is 2.72. The normalized spacial score (nSPS) is 10.9. The molecule has 0 bridgehead atoms. The molecule has 2 nitrogen and oxygen atoms in total. The highest BCUT2D eigenvalue weighted by Crippen LogP contribution is 2.18. The lowest BCUT2D eigenvalue weighted by Gasteiger charge is -2.06. The summed E-state index contributed by atoms with van der Waals surface area (Å²) in [5.41, 5.74) is 2.80. The molecule has 0 saturated carbocycles. The molecule has 1 aromatic heterocycles. The van der Waals surface area contributed by atoms with Crippen LogP contribution in [-0.2, 0) is 12.8 Å². The van der Waals surface area contributed by atoms with Crippen molar-refractivity contribution < 1.29 is 4.39 Å². The van der Waals surface area contributed by atoms with Crippen molar-refractivity contribution in [1.82, 2.24) is 9.97 Å². The van der Waals surface area contributed by atoms with Crippen molar-refractivity contribution in [3.05, 3.63) is 47.5 Å². The second kappa shape index (κ2) is 9.39. The number of rotatable bonds is 9. The first-order valence-corrected chi connectivity index (χ1v) is 8.85. The van der Waals surface area contributed by atoms with E-state index in [9.17, 15) is 4.39 Å². The summed E-state index contributed by atoms with van der Waals surface area (Å²) in [5, 5.41) is 0. The van der Waals surface area contributed by atoms with Gasteiger partial charge in [-0.1, -0.05) is 70.2 Å². The average Bonchev–Trinajstić information content (AvgIpc) is 2.57. The summed E-state index contributed by atoms with van der Waals surface area (Å²) in [5.74, 6) is 0.100. The van der Waals surface area contributed by atoms with Gasteiger partial charge in [-0.25, -0.2) is 4.98 Å². The van der Waals surface area contributed by atoms with Gasteiger partial charge in [-0.3, -0.25) is 0 Å². The van der Waals surface area contributed by atoms with Crippen molar-refractivity contribution in [2.45, 2.75) is 65.2 Å². The quantitative estimate of drug-likeness (QED) is 0.435. The smallest absolute Gasteiger partial charge is 0.219 e. The Morgan fingerprint density at radius 1 is 0.870 bits per heavy atom. The zero-order chi connectivity index (χ0) is 16.5. The molecule has 2 rings (SSSR count). The summed E-state index contributed by atoms with van der Waals surface area (Å²) < 4.78 is 14.2.